The molecule has 2 aromatic rings. The van der Waals surface area contributed by atoms with Crippen molar-refractivity contribution in [3.63, 3.8) is 0 Å². The van der Waals surface area contributed by atoms with Crippen LogP contribution in [-0.2, 0) is 6.54 Å². The van der Waals surface area contributed by atoms with Crippen LogP contribution in [0.2, 0.25) is 0 Å². The first-order valence-electron chi connectivity index (χ1n) is 6.24. The summed E-state index contributed by atoms with van der Waals surface area (Å²) in [6.07, 6.45) is 0. The minimum absolute atomic E-state index is 0.276. The van der Waals surface area contributed by atoms with E-state index in [4.69, 9.17) is 4.74 Å². The molecular weight excluding hydrogens is 338 g/mol. The minimum atomic E-state index is -0.520. The lowest BCUT2D eigenvalue weighted by atomic mass is 10.1. The van der Waals surface area contributed by atoms with Crippen LogP contribution in [-0.4, -0.2) is 22.4 Å². The van der Waals surface area contributed by atoms with Gasteiger partial charge in [0, 0.05) is 16.6 Å². The molecule has 2 rings (SSSR count). The Labute approximate surface area is 130 Å². The number of halogens is 1. The Morgan fingerprint density at radius 2 is 1.86 bits per heavy atom. The van der Waals surface area contributed by atoms with Gasteiger partial charge in [0.15, 0.2) is 11.5 Å². The summed E-state index contributed by atoms with van der Waals surface area (Å²) >= 11 is 3.40. The summed E-state index contributed by atoms with van der Waals surface area (Å²) < 4.78 is 6.23. The van der Waals surface area contributed by atoms with Crippen molar-refractivity contribution in [2.75, 3.05) is 12.4 Å². The standard InChI is InChI=1S/C15H16BrNO4/c1-8-5-10(16)6-12(21-2)13(8)17-7-9-3-4-11(18)15(20)14(9)19/h3-6,17-20H,7H2,1-2H3. The SMILES string of the molecule is COc1cc(Br)cc(C)c1NCc1ccc(O)c(O)c1O. The average Bonchev–Trinajstić information content (AvgIpc) is 2.45. The fraction of sp³-hybridized carbons (Fsp3) is 0.200. The minimum Gasteiger partial charge on any atom is -0.504 e. The Kier molecular flexibility index (Phi) is 4.47. The molecule has 2 aromatic carbocycles. The van der Waals surface area contributed by atoms with Crippen LogP contribution in [0.5, 0.6) is 23.0 Å². The van der Waals surface area contributed by atoms with Crippen molar-refractivity contribution in [1.82, 2.24) is 0 Å². The molecule has 6 heteroatoms. The van der Waals surface area contributed by atoms with Crippen molar-refractivity contribution >= 4 is 21.6 Å². The first-order chi connectivity index (χ1) is 9.93. The number of phenols is 3. The van der Waals surface area contributed by atoms with Crippen molar-refractivity contribution in [3.8, 4) is 23.0 Å². The quantitative estimate of drug-likeness (QED) is 0.632. The maximum Gasteiger partial charge on any atom is 0.200 e. The van der Waals surface area contributed by atoms with Crippen molar-refractivity contribution in [1.29, 1.82) is 0 Å². The molecule has 5 nitrogen and oxygen atoms in total. The summed E-state index contributed by atoms with van der Waals surface area (Å²) in [5.74, 6) is -0.539. The highest BCUT2D eigenvalue weighted by molar-refractivity contribution is 9.10. The molecule has 0 saturated carbocycles. The van der Waals surface area contributed by atoms with Crippen LogP contribution in [0.15, 0.2) is 28.7 Å². The van der Waals surface area contributed by atoms with Crippen LogP contribution in [0.1, 0.15) is 11.1 Å². The molecule has 0 amide bonds. The van der Waals surface area contributed by atoms with Crippen LogP contribution >= 0.6 is 15.9 Å². The van der Waals surface area contributed by atoms with E-state index in [1.165, 1.54) is 12.1 Å². The molecular formula is C15H16BrNO4. The number of aryl methyl sites for hydroxylation is 1. The highest BCUT2D eigenvalue weighted by Crippen LogP contribution is 2.38. The van der Waals surface area contributed by atoms with E-state index < -0.39 is 5.75 Å². The van der Waals surface area contributed by atoms with Gasteiger partial charge in [-0.1, -0.05) is 15.9 Å². The van der Waals surface area contributed by atoms with Crippen molar-refractivity contribution < 1.29 is 20.1 Å². The lowest BCUT2D eigenvalue weighted by molar-refractivity contribution is 0.365. The third-order valence-electron chi connectivity index (χ3n) is 3.15. The first kappa shape index (κ1) is 15.3. The Bertz CT molecular complexity index is 673. The summed E-state index contributed by atoms with van der Waals surface area (Å²) in [4.78, 5) is 0. The number of hydrogen-bond donors (Lipinski definition) is 4. The van der Waals surface area contributed by atoms with E-state index in [1.807, 2.05) is 19.1 Å². The van der Waals surface area contributed by atoms with E-state index in [0.29, 0.717) is 11.3 Å². The van der Waals surface area contributed by atoms with Gasteiger partial charge in [-0.2, -0.15) is 0 Å². The van der Waals surface area contributed by atoms with Gasteiger partial charge in [-0.25, -0.2) is 0 Å². The molecule has 0 unspecified atom stereocenters. The first-order valence-corrected chi connectivity index (χ1v) is 7.04. The zero-order chi connectivity index (χ0) is 15.6. The summed E-state index contributed by atoms with van der Waals surface area (Å²) in [6.45, 7) is 2.21. The van der Waals surface area contributed by atoms with Crippen molar-refractivity contribution in [2.45, 2.75) is 13.5 Å². The largest absolute Gasteiger partial charge is 0.504 e. The summed E-state index contributed by atoms with van der Waals surface area (Å²) in [6, 6.07) is 6.65. The van der Waals surface area contributed by atoms with Gasteiger partial charge in [-0.05, 0) is 36.8 Å². The molecule has 0 heterocycles. The van der Waals surface area contributed by atoms with Crippen LogP contribution < -0.4 is 10.1 Å². The van der Waals surface area contributed by atoms with Crippen LogP contribution in [0, 0.1) is 6.92 Å². The van der Waals surface area contributed by atoms with Crippen LogP contribution in [0.4, 0.5) is 5.69 Å². The molecule has 0 aromatic heterocycles. The van der Waals surface area contributed by atoms with E-state index in [1.54, 1.807) is 7.11 Å². The maximum atomic E-state index is 9.81. The number of nitrogens with one attached hydrogen (secondary N) is 1. The van der Waals surface area contributed by atoms with E-state index in [0.717, 1.165) is 15.7 Å². The monoisotopic (exact) mass is 353 g/mol. The van der Waals surface area contributed by atoms with Crippen LogP contribution in [0.3, 0.4) is 0 Å². The van der Waals surface area contributed by atoms with Gasteiger partial charge < -0.3 is 25.4 Å². The summed E-state index contributed by atoms with van der Waals surface area (Å²) in [5.41, 5.74) is 2.24. The zero-order valence-electron chi connectivity index (χ0n) is 11.6. The number of methoxy groups -OCH3 is 1. The molecule has 21 heavy (non-hydrogen) atoms. The third-order valence-corrected chi connectivity index (χ3v) is 3.61. The molecule has 0 radical (unpaired) electrons. The number of benzene rings is 2. The van der Waals surface area contributed by atoms with Gasteiger partial charge in [0.05, 0.1) is 12.8 Å². The Balaban J connectivity index is 2.27. The molecule has 0 aliphatic rings. The van der Waals surface area contributed by atoms with Gasteiger partial charge in [0.1, 0.15) is 5.75 Å². The molecule has 4 N–H and O–H groups in total. The van der Waals surface area contributed by atoms with E-state index in [9.17, 15) is 15.3 Å². The number of rotatable bonds is 4. The number of aromatic hydroxyl groups is 3. The topological polar surface area (TPSA) is 82.0 Å². The zero-order valence-corrected chi connectivity index (χ0v) is 13.2. The second-order valence-corrected chi connectivity index (χ2v) is 5.51. The van der Waals surface area contributed by atoms with Gasteiger partial charge in [-0.15, -0.1) is 0 Å². The maximum absolute atomic E-state index is 9.81. The third kappa shape index (κ3) is 3.16. The average molecular weight is 354 g/mol. The number of phenolic OH excluding ortho intramolecular Hbond substituents is 3. The Morgan fingerprint density at radius 3 is 2.52 bits per heavy atom. The predicted molar refractivity (Wildman–Crippen MR) is 84.2 cm³/mol. The number of hydrogen-bond acceptors (Lipinski definition) is 5. The highest BCUT2D eigenvalue weighted by Gasteiger charge is 2.13. The van der Waals surface area contributed by atoms with Gasteiger partial charge in [0.2, 0.25) is 5.75 Å². The fourth-order valence-electron chi connectivity index (χ4n) is 2.04. The molecule has 0 fully saturated rings. The summed E-state index contributed by atoms with van der Waals surface area (Å²) in [5, 5.41) is 31.8. The smallest absolute Gasteiger partial charge is 0.200 e. The van der Waals surface area contributed by atoms with Crippen LogP contribution in [0.25, 0.3) is 0 Å². The van der Waals surface area contributed by atoms with E-state index in [2.05, 4.69) is 21.2 Å². The predicted octanol–water partition coefficient (Wildman–Crippen LogP) is 3.50. The van der Waals surface area contributed by atoms with E-state index >= 15 is 0 Å². The molecule has 112 valence electrons. The van der Waals surface area contributed by atoms with E-state index in [-0.39, 0.29) is 18.0 Å². The number of anilines is 1. The van der Waals surface area contributed by atoms with Crippen molar-refractivity contribution in [2.24, 2.45) is 0 Å². The normalized spacial score (nSPS) is 10.4. The number of ether oxygens (including phenoxy) is 1. The molecule has 0 saturated heterocycles. The van der Waals surface area contributed by atoms with Crippen molar-refractivity contribution in [3.05, 3.63) is 39.9 Å². The second-order valence-electron chi connectivity index (χ2n) is 4.59. The van der Waals surface area contributed by atoms with Gasteiger partial charge in [0.25, 0.3) is 0 Å². The molecule has 0 bridgehead atoms. The van der Waals surface area contributed by atoms with Gasteiger partial charge >= 0.3 is 0 Å². The Morgan fingerprint density at radius 1 is 1.14 bits per heavy atom. The molecule has 0 aliphatic heterocycles. The molecule has 0 atom stereocenters. The Hall–Kier alpha value is -2.08. The molecule has 0 aliphatic carbocycles. The highest BCUT2D eigenvalue weighted by atomic mass is 79.9. The summed E-state index contributed by atoms with van der Waals surface area (Å²) in [7, 11) is 1.58. The fourth-order valence-corrected chi connectivity index (χ4v) is 2.59. The second kappa shape index (κ2) is 6.13. The molecule has 0 spiro atoms. The van der Waals surface area contributed by atoms with Gasteiger partial charge in [-0.3, -0.25) is 0 Å². The lowest BCUT2D eigenvalue weighted by Crippen LogP contribution is -2.03. The lowest BCUT2D eigenvalue weighted by Gasteiger charge is -2.15.